The molecule has 1 N–H and O–H groups in total. The third-order valence-electron chi connectivity index (χ3n) is 2.37. The van der Waals surface area contributed by atoms with Gasteiger partial charge in [0.25, 0.3) is 0 Å². The number of ether oxygens (including phenoxy) is 1. The Morgan fingerprint density at radius 2 is 1.57 bits per heavy atom. The second kappa shape index (κ2) is 6.41. The fraction of sp³-hybridized carbons (Fsp3) is 1.00. The van der Waals surface area contributed by atoms with Gasteiger partial charge in [-0.25, -0.2) is 0 Å². The maximum absolute atomic E-state index is 9.71. The molecule has 0 fully saturated rings. The lowest BCUT2D eigenvalue weighted by atomic mass is 9.87. The molecule has 0 bridgehead atoms. The second-order valence-corrected chi connectivity index (χ2v) is 5.47. The Morgan fingerprint density at radius 3 is 2.00 bits per heavy atom. The van der Waals surface area contributed by atoms with Crippen LogP contribution in [0.1, 0.15) is 47.5 Å². The van der Waals surface area contributed by atoms with Gasteiger partial charge in [0.2, 0.25) is 0 Å². The molecule has 0 rings (SSSR count). The molecule has 2 heteroatoms. The summed E-state index contributed by atoms with van der Waals surface area (Å²) in [4.78, 5) is 0. The van der Waals surface area contributed by atoms with Crippen LogP contribution in [0.4, 0.5) is 0 Å². The second-order valence-electron chi connectivity index (χ2n) is 5.47. The summed E-state index contributed by atoms with van der Waals surface area (Å²) in [7, 11) is 0. The molecule has 0 saturated carbocycles. The number of hydrogen-bond acceptors (Lipinski definition) is 2. The van der Waals surface area contributed by atoms with Crippen molar-refractivity contribution >= 4 is 0 Å². The average molecular weight is 202 g/mol. The van der Waals surface area contributed by atoms with Gasteiger partial charge in [-0.05, 0) is 24.2 Å². The van der Waals surface area contributed by atoms with E-state index < -0.39 is 0 Å². The molecular formula is C12H26O2. The van der Waals surface area contributed by atoms with Crippen LogP contribution in [0.25, 0.3) is 0 Å². The Morgan fingerprint density at radius 1 is 1.07 bits per heavy atom. The summed E-state index contributed by atoms with van der Waals surface area (Å²) in [6, 6.07) is 0. The zero-order chi connectivity index (χ0) is 11.2. The quantitative estimate of drug-likeness (QED) is 0.671. The van der Waals surface area contributed by atoms with Crippen LogP contribution in [0.3, 0.4) is 0 Å². The smallest absolute Gasteiger partial charge is 0.0610 e. The minimum Gasteiger partial charge on any atom is -0.392 e. The molecule has 0 aliphatic heterocycles. The first kappa shape index (κ1) is 13.9. The Bertz CT molecular complexity index is 136. The van der Waals surface area contributed by atoms with Gasteiger partial charge >= 0.3 is 0 Å². The summed E-state index contributed by atoms with van der Waals surface area (Å²) >= 11 is 0. The molecule has 0 heterocycles. The highest BCUT2D eigenvalue weighted by Crippen LogP contribution is 2.21. The van der Waals surface area contributed by atoms with Gasteiger partial charge in [0.1, 0.15) is 0 Å². The molecule has 0 saturated heterocycles. The highest BCUT2D eigenvalue weighted by Gasteiger charge is 2.21. The van der Waals surface area contributed by atoms with Gasteiger partial charge in [-0.1, -0.05) is 34.6 Å². The predicted octanol–water partition coefficient (Wildman–Crippen LogP) is 2.85. The van der Waals surface area contributed by atoms with E-state index in [1.165, 1.54) is 0 Å². The monoisotopic (exact) mass is 202 g/mol. The Labute approximate surface area is 88.7 Å². The van der Waals surface area contributed by atoms with E-state index in [1.807, 2.05) is 20.8 Å². The molecular weight excluding hydrogens is 176 g/mol. The third-order valence-corrected chi connectivity index (χ3v) is 2.37. The van der Waals surface area contributed by atoms with Crippen molar-refractivity contribution in [2.45, 2.75) is 53.6 Å². The van der Waals surface area contributed by atoms with Gasteiger partial charge in [-0.3, -0.25) is 0 Å². The fourth-order valence-corrected chi connectivity index (χ4v) is 1.05. The van der Waals surface area contributed by atoms with Crippen LogP contribution in [-0.4, -0.2) is 24.4 Å². The SMILES string of the molecule is CC(C)CCOCCC(O)C(C)(C)C. The molecule has 0 aliphatic rings. The van der Waals surface area contributed by atoms with Crippen molar-refractivity contribution in [2.75, 3.05) is 13.2 Å². The zero-order valence-corrected chi connectivity index (χ0v) is 10.3. The summed E-state index contributed by atoms with van der Waals surface area (Å²) in [6.45, 7) is 12.0. The number of hydrogen-bond donors (Lipinski definition) is 1. The Kier molecular flexibility index (Phi) is 6.38. The predicted molar refractivity (Wildman–Crippen MR) is 60.4 cm³/mol. The molecule has 1 unspecified atom stereocenters. The van der Waals surface area contributed by atoms with Crippen molar-refractivity contribution in [1.82, 2.24) is 0 Å². The summed E-state index contributed by atoms with van der Waals surface area (Å²) in [5, 5.41) is 9.71. The van der Waals surface area contributed by atoms with E-state index >= 15 is 0 Å². The number of aliphatic hydroxyl groups excluding tert-OH is 1. The minimum absolute atomic E-state index is 0.0264. The zero-order valence-electron chi connectivity index (χ0n) is 10.3. The standard InChI is InChI=1S/C12H26O2/c1-10(2)6-8-14-9-7-11(13)12(3,4)5/h10-11,13H,6-9H2,1-5H3. The summed E-state index contributed by atoms with van der Waals surface area (Å²) in [5.74, 6) is 0.697. The van der Waals surface area contributed by atoms with E-state index in [2.05, 4.69) is 13.8 Å². The van der Waals surface area contributed by atoms with Crippen LogP contribution >= 0.6 is 0 Å². The van der Waals surface area contributed by atoms with Crippen molar-refractivity contribution in [3.05, 3.63) is 0 Å². The van der Waals surface area contributed by atoms with Crippen molar-refractivity contribution < 1.29 is 9.84 Å². The van der Waals surface area contributed by atoms with Crippen molar-refractivity contribution in [1.29, 1.82) is 0 Å². The number of aliphatic hydroxyl groups is 1. The van der Waals surface area contributed by atoms with Crippen LogP contribution < -0.4 is 0 Å². The molecule has 0 aliphatic carbocycles. The molecule has 14 heavy (non-hydrogen) atoms. The lowest BCUT2D eigenvalue weighted by Gasteiger charge is -2.25. The first-order valence-corrected chi connectivity index (χ1v) is 5.60. The van der Waals surface area contributed by atoms with E-state index in [0.717, 1.165) is 19.4 Å². The molecule has 0 aromatic carbocycles. The Balaban J connectivity index is 3.37. The van der Waals surface area contributed by atoms with Crippen LogP contribution in [0.15, 0.2) is 0 Å². The maximum atomic E-state index is 9.71. The van der Waals surface area contributed by atoms with E-state index in [0.29, 0.717) is 12.5 Å². The molecule has 0 aromatic rings. The molecule has 0 amide bonds. The lowest BCUT2D eigenvalue weighted by molar-refractivity contribution is 0.0208. The van der Waals surface area contributed by atoms with E-state index in [4.69, 9.17) is 4.74 Å². The highest BCUT2D eigenvalue weighted by atomic mass is 16.5. The van der Waals surface area contributed by atoms with Crippen LogP contribution in [0.2, 0.25) is 0 Å². The molecule has 86 valence electrons. The van der Waals surface area contributed by atoms with Gasteiger partial charge < -0.3 is 9.84 Å². The van der Waals surface area contributed by atoms with Crippen molar-refractivity contribution in [2.24, 2.45) is 11.3 Å². The summed E-state index contributed by atoms with van der Waals surface area (Å²) in [6.07, 6.45) is 1.58. The average Bonchev–Trinajstić information content (AvgIpc) is 2.01. The van der Waals surface area contributed by atoms with Crippen LogP contribution in [0.5, 0.6) is 0 Å². The third kappa shape index (κ3) is 7.34. The molecule has 0 aromatic heterocycles. The topological polar surface area (TPSA) is 29.5 Å². The largest absolute Gasteiger partial charge is 0.392 e. The molecule has 0 spiro atoms. The van der Waals surface area contributed by atoms with Crippen LogP contribution in [0, 0.1) is 11.3 Å². The van der Waals surface area contributed by atoms with Gasteiger partial charge in [0.15, 0.2) is 0 Å². The first-order valence-electron chi connectivity index (χ1n) is 5.60. The van der Waals surface area contributed by atoms with E-state index in [1.54, 1.807) is 0 Å². The van der Waals surface area contributed by atoms with Crippen molar-refractivity contribution in [3.8, 4) is 0 Å². The minimum atomic E-state index is -0.262. The fourth-order valence-electron chi connectivity index (χ4n) is 1.05. The first-order chi connectivity index (χ1) is 6.34. The highest BCUT2D eigenvalue weighted by molar-refractivity contribution is 4.71. The van der Waals surface area contributed by atoms with Crippen molar-refractivity contribution in [3.63, 3.8) is 0 Å². The summed E-state index contributed by atoms with van der Waals surface area (Å²) in [5.41, 5.74) is -0.0264. The van der Waals surface area contributed by atoms with Crippen LogP contribution in [-0.2, 0) is 4.74 Å². The summed E-state index contributed by atoms with van der Waals surface area (Å²) < 4.78 is 5.45. The Hall–Kier alpha value is -0.0800. The van der Waals surface area contributed by atoms with Gasteiger partial charge in [-0.15, -0.1) is 0 Å². The van der Waals surface area contributed by atoms with Gasteiger partial charge in [0, 0.05) is 13.2 Å². The normalized spacial score (nSPS) is 14.8. The lowest BCUT2D eigenvalue weighted by Crippen LogP contribution is -2.27. The number of rotatable bonds is 6. The molecule has 1 atom stereocenters. The molecule has 0 radical (unpaired) electrons. The molecule has 2 nitrogen and oxygen atoms in total. The van der Waals surface area contributed by atoms with E-state index in [9.17, 15) is 5.11 Å². The van der Waals surface area contributed by atoms with Gasteiger partial charge in [0.05, 0.1) is 6.10 Å². The maximum Gasteiger partial charge on any atom is 0.0610 e. The van der Waals surface area contributed by atoms with E-state index in [-0.39, 0.29) is 11.5 Å². The van der Waals surface area contributed by atoms with Gasteiger partial charge in [-0.2, -0.15) is 0 Å².